The number of benzene rings is 2. The number of carbonyl (C=O) groups is 1. The number of ether oxygens (including phenoxy) is 3. The van der Waals surface area contributed by atoms with Gasteiger partial charge in [-0.3, -0.25) is 4.79 Å². The van der Waals surface area contributed by atoms with Crippen LogP contribution >= 0.6 is 0 Å². The maximum atomic E-state index is 12.6. The van der Waals surface area contributed by atoms with E-state index >= 15 is 0 Å². The smallest absolute Gasteiger partial charge is 0.251 e. The molecule has 1 atom stereocenters. The fraction of sp³-hybridized carbons (Fsp3) is 0.350. The van der Waals surface area contributed by atoms with Crippen molar-refractivity contribution >= 4 is 5.91 Å². The molecule has 25 heavy (non-hydrogen) atoms. The van der Waals surface area contributed by atoms with Crippen LogP contribution in [0.15, 0.2) is 42.5 Å². The molecule has 134 valence electrons. The molecule has 2 aromatic carbocycles. The van der Waals surface area contributed by atoms with E-state index < -0.39 is 0 Å². The van der Waals surface area contributed by atoms with Gasteiger partial charge < -0.3 is 19.5 Å². The van der Waals surface area contributed by atoms with Gasteiger partial charge >= 0.3 is 0 Å². The Kier molecular flexibility index (Phi) is 6.69. The summed E-state index contributed by atoms with van der Waals surface area (Å²) in [6.45, 7) is 2.68. The predicted octanol–water partition coefficient (Wildman–Crippen LogP) is 3.64. The Morgan fingerprint density at radius 2 is 1.60 bits per heavy atom. The summed E-state index contributed by atoms with van der Waals surface area (Å²) in [7, 11) is 4.59. The summed E-state index contributed by atoms with van der Waals surface area (Å²) in [5, 5.41) is 3.00. The molecule has 0 heterocycles. The largest absolute Gasteiger partial charge is 0.493 e. The van der Waals surface area contributed by atoms with Gasteiger partial charge in [-0.15, -0.1) is 0 Å². The molecule has 0 saturated heterocycles. The van der Waals surface area contributed by atoms with E-state index in [4.69, 9.17) is 14.2 Å². The van der Waals surface area contributed by atoms with Crippen LogP contribution in [-0.4, -0.2) is 33.8 Å². The predicted molar refractivity (Wildman–Crippen MR) is 97.9 cm³/mol. The van der Waals surface area contributed by atoms with Crippen molar-refractivity contribution in [1.29, 1.82) is 0 Å². The van der Waals surface area contributed by atoms with Crippen LogP contribution in [0, 0.1) is 0 Å². The molecule has 0 saturated carbocycles. The topological polar surface area (TPSA) is 56.8 Å². The van der Waals surface area contributed by atoms with Crippen molar-refractivity contribution in [2.75, 3.05) is 27.9 Å². The van der Waals surface area contributed by atoms with Crippen LogP contribution < -0.4 is 19.5 Å². The number of hydrogen-bond donors (Lipinski definition) is 1. The lowest BCUT2D eigenvalue weighted by Crippen LogP contribution is -2.28. The molecule has 0 aliphatic heterocycles. The molecule has 1 unspecified atom stereocenters. The van der Waals surface area contributed by atoms with Crippen molar-refractivity contribution in [3.63, 3.8) is 0 Å². The molecule has 2 aromatic rings. The first-order valence-corrected chi connectivity index (χ1v) is 8.27. The van der Waals surface area contributed by atoms with Crippen molar-refractivity contribution in [2.24, 2.45) is 0 Å². The Bertz CT molecular complexity index is 675. The van der Waals surface area contributed by atoms with Crippen molar-refractivity contribution in [2.45, 2.75) is 19.3 Å². The number of rotatable bonds is 8. The Balaban J connectivity index is 2.15. The number of nitrogens with one attached hydrogen (secondary N) is 1. The quantitative estimate of drug-likeness (QED) is 0.795. The van der Waals surface area contributed by atoms with E-state index in [0.29, 0.717) is 29.4 Å². The number of carbonyl (C=O) groups excluding carboxylic acids is 1. The summed E-state index contributed by atoms with van der Waals surface area (Å²) in [5.41, 5.74) is 1.69. The maximum absolute atomic E-state index is 12.6. The normalized spacial score (nSPS) is 11.5. The summed E-state index contributed by atoms with van der Waals surface area (Å²) >= 11 is 0. The highest BCUT2D eigenvalue weighted by molar-refractivity contribution is 5.95. The van der Waals surface area contributed by atoms with Gasteiger partial charge in [0.1, 0.15) is 0 Å². The zero-order chi connectivity index (χ0) is 18.2. The first-order chi connectivity index (χ1) is 12.1. The summed E-state index contributed by atoms with van der Waals surface area (Å²) in [5.74, 6) is 1.49. The molecule has 0 aliphatic rings. The Morgan fingerprint density at radius 3 is 2.08 bits per heavy atom. The van der Waals surface area contributed by atoms with Gasteiger partial charge in [-0.05, 0) is 24.1 Å². The second-order valence-corrected chi connectivity index (χ2v) is 5.64. The van der Waals surface area contributed by atoms with E-state index in [9.17, 15) is 4.79 Å². The van der Waals surface area contributed by atoms with Gasteiger partial charge in [0.05, 0.1) is 21.3 Å². The van der Waals surface area contributed by atoms with Crippen LogP contribution in [0.2, 0.25) is 0 Å². The molecule has 5 nitrogen and oxygen atoms in total. The van der Waals surface area contributed by atoms with E-state index in [1.54, 1.807) is 12.1 Å². The molecule has 0 radical (unpaired) electrons. The van der Waals surface area contributed by atoms with Crippen LogP contribution in [0.3, 0.4) is 0 Å². The van der Waals surface area contributed by atoms with Crippen LogP contribution in [0.5, 0.6) is 17.2 Å². The standard InChI is InChI=1S/C20H25NO4/c1-5-14(15-9-7-6-8-10-15)13-21-20(22)16-11-17(23-2)19(25-4)18(12-16)24-3/h6-12,14H,5,13H2,1-4H3,(H,21,22). The third-order valence-corrected chi connectivity index (χ3v) is 4.20. The highest BCUT2D eigenvalue weighted by atomic mass is 16.5. The second-order valence-electron chi connectivity index (χ2n) is 5.64. The minimum Gasteiger partial charge on any atom is -0.493 e. The lowest BCUT2D eigenvalue weighted by atomic mass is 9.96. The molecule has 0 aliphatic carbocycles. The fourth-order valence-electron chi connectivity index (χ4n) is 2.75. The van der Waals surface area contributed by atoms with Gasteiger partial charge in [0.25, 0.3) is 5.91 Å². The Labute approximate surface area is 148 Å². The first-order valence-electron chi connectivity index (χ1n) is 8.27. The molecule has 0 aromatic heterocycles. The third-order valence-electron chi connectivity index (χ3n) is 4.20. The van der Waals surface area contributed by atoms with Crippen LogP contribution in [0.25, 0.3) is 0 Å². The first kappa shape index (κ1) is 18.6. The van der Waals surface area contributed by atoms with Crippen molar-refractivity contribution in [3.8, 4) is 17.2 Å². The van der Waals surface area contributed by atoms with E-state index in [1.807, 2.05) is 18.2 Å². The van der Waals surface area contributed by atoms with E-state index in [-0.39, 0.29) is 11.8 Å². The molecule has 0 spiro atoms. The highest BCUT2D eigenvalue weighted by Gasteiger charge is 2.18. The molecule has 1 N–H and O–H groups in total. The minimum absolute atomic E-state index is 0.173. The molecule has 1 amide bonds. The highest BCUT2D eigenvalue weighted by Crippen LogP contribution is 2.38. The second kappa shape index (κ2) is 8.97. The van der Waals surface area contributed by atoms with Crippen molar-refractivity contribution in [3.05, 3.63) is 53.6 Å². The van der Waals surface area contributed by atoms with Gasteiger partial charge in [0.2, 0.25) is 5.75 Å². The van der Waals surface area contributed by atoms with Crippen molar-refractivity contribution in [1.82, 2.24) is 5.32 Å². The summed E-state index contributed by atoms with van der Waals surface area (Å²) in [4.78, 5) is 12.6. The van der Waals surface area contributed by atoms with Gasteiger partial charge in [0, 0.05) is 18.0 Å². The average molecular weight is 343 g/mol. The van der Waals surface area contributed by atoms with E-state index in [2.05, 4.69) is 24.4 Å². The van der Waals surface area contributed by atoms with E-state index in [0.717, 1.165) is 6.42 Å². The van der Waals surface area contributed by atoms with Crippen molar-refractivity contribution < 1.29 is 19.0 Å². The molecule has 2 rings (SSSR count). The van der Waals surface area contributed by atoms with Crippen LogP contribution in [0.4, 0.5) is 0 Å². The Hall–Kier alpha value is -2.69. The third kappa shape index (κ3) is 4.44. The van der Waals surface area contributed by atoms with Crippen LogP contribution in [-0.2, 0) is 0 Å². The van der Waals surface area contributed by atoms with E-state index in [1.165, 1.54) is 26.9 Å². The summed E-state index contributed by atoms with van der Waals surface area (Å²) in [6, 6.07) is 13.5. The fourth-order valence-corrected chi connectivity index (χ4v) is 2.75. The SMILES string of the molecule is CCC(CNC(=O)c1cc(OC)c(OC)c(OC)c1)c1ccccc1. The number of methoxy groups -OCH3 is 3. The zero-order valence-corrected chi connectivity index (χ0v) is 15.2. The maximum Gasteiger partial charge on any atom is 0.251 e. The lowest BCUT2D eigenvalue weighted by molar-refractivity contribution is 0.0950. The summed E-state index contributed by atoms with van der Waals surface area (Å²) in [6.07, 6.45) is 0.944. The number of amides is 1. The summed E-state index contributed by atoms with van der Waals surface area (Å²) < 4.78 is 15.9. The molecule has 5 heteroatoms. The Morgan fingerprint density at radius 1 is 1.00 bits per heavy atom. The van der Waals surface area contributed by atoms with Crippen LogP contribution in [0.1, 0.15) is 35.2 Å². The average Bonchev–Trinajstić information content (AvgIpc) is 2.67. The number of hydrogen-bond acceptors (Lipinski definition) is 4. The molecule has 0 fully saturated rings. The van der Waals surface area contributed by atoms with Gasteiger partial charge in [-0.1, -0.05) is 37.3 Å². The molecular formula is C20H25NO4. The monoisotopic (exact) mass is 343 g/mol. The van der Waals surface area contributed by atoms with Gasteiger partial charge in [0.15, 0.2) is 11.5 Å². The van der Waals surface area contributed by atoms with Gasteiger partial charge in [-0.2, -0.15) is 0 Å². The molecular weight excluding hydrogens is 318 g/mol. The lowest BCUT2D eigenvalue weighted by Gasteiger charge is -2.17. The zero-order valence-electron chi connectivity index (χ0n) is 15.2. The van der Waals surface area contributed by atoms with Gasteiger partial charge in [-0.25, -0.2) is 0 Å². The molecule has 0 bridgehead atoms. The minimum atomic E-state index is -0.173.